The smallest absolute Gasteiger partial charge is 0.210 e. The molecule has 1 saturated heterocycles. The van der Waals surface area contributed by atoms with Gasteiger partial charge in [0.15, 0.2) is 0 Å². The van der Waals surface area contributed by atoms with Gasteiger partial charge in [0.05, 0.1) is 9.79 Å². The maximum atomic E-state index is 13.4. The van der Waals surface area contributed by atoms with Crippen molar-refractivity contribution in [3.8, 4) is 0 Å². The van der Waals surface area contributed by atoms with Crippen LogP contribution in [0.3, 0.4) is 0 Å². The van der Waals surface area contributed by atoms with E-state index in [-0.39, 0.29) is 28.1 Å². The standard InChI is InChI=1S/C22H24N2O4S3/c1-16-6-9-21(10-7-16)30(25,26)23-14-19-13-20(29)15-24(19)31(27,28)22-11-8-17-4-2-3-5-18(17)12-22/h2-12,19-20,23,29H,13-15H2,1H3. The Morgan fingerprint density at radius 1 is 0.935 bits per heavy atom. The van der Waals surface area contributed by atoms with Crippen molar-refractivity contribution in [3.63, 3.8) is 0 Å². The van der Waals surface area contributed by atoms with Crippen LogP contribution < -0.4 is 4.72 Å². The fourth-order valence-electron chi connectivity index (χ4n) is 3.81. The SMILES string of the molecule is Cc1ccc(S(=O)(=O)NCC2CC(S)CN2S(=O)(=O)c2ccc3ccccc3c2)cc1. The van der Waals surface area contributed by atoms with Crippen molar-refractivity contribution < 1.29 is 16.8 Å². The summed E-state index contributed by atoms with van der Waals surface area (Å²) in [6, 6.07) is 18.6. The average molecular weight is 477 g/mol. The molecule has 0 saturated carbocycles. The Morgan fingerprint density at radius 3 is 2.29 bits per heavy atom. The number of hydrogen-bond donors (Lipinski definition) is 2. The monoisotopic (exact) mass is 476 g/mol. The van der Waals surface area contributed by atoms with Crippen LogP contribution in [-0.2, 0) is 20.0 Å². The highest BCUT2D eigenvalue weighted by Gasteiger charge is 2.39. The van der Waals surface area contributed by atoms with Gasteiger partial charge in [-0.3, -0.25) is 0 Å². The quantitative estimate of drug-likeness (QED) is 0.535. The average Bonchev–Trinajstić information content (AvgIpc) is 3.14. The van der Waals surface area contributed by atoms with Crippen molar-refractivity contribution in [2.75, 3.05) is 13.1 Å². The van der Waals surface area contributed by atoms with Gasteiger partial charge < -0.3 is 0 Å². The Labute approximate surface area is 188 Å². The molecule has 0 radical (unpaired) electrons. The fraction of sp³-hybridized carbons (Fsp3) is 0.273. The molecule has 2 atom stereocenters. The van der Waals surface area contributed by atoms with E-state index in [9.17, 15) is 16.8 Å². The van der Waals surface area contributed by atoms with Crippen molar-refractivity contribution in [2.45, 2.75) is 34.4 Å². The van der Waals surface area contributed by atoms with Gasteiger partial charge in [0.2, 0.25) is 20.0 Å². The summed E-state index contributed by atoms with van der Waals surface area (Å²) in [6.07, 6.45) is 0.465. The number of thiol groups is 1. The number of hydrogen-bond acceptors (Lipinski definition) is 5. The molecule has 1 heterocycles. The summed E-state index contributed by atoms with van der Waals surface area (Å²) in [5.74, 6) is 0. The topological polar surface area (TPSA) is 83.6 Å². The van der Waals surface area contributed by atoms with E-state index in [1.807, 2.05) is 31.2 Å². The van der Waals surface area contributed by atoms with Gasteiger partial charge >= 0.3 is 0 Å². The lowest BCUT2D eigenvalue weighted by Crippen LogP contribution is -2.43. The minimum absolute atomic E-state index is 0.0138. The van der Waals surface area contributed by atoms with Crippen LogP contribution >= 0.6 is 12.6 Å². The Hall–Kier alpha value is -1.91. The third kappa shape index (κ3) is 4.65. The van der Waals surface area contributed by atoms with E-state index in [1.54, 1.807) is 30.3 Å². The lowest BCUT2D eigenvalue weighted by atomic mass is 10.1. The van der Waals surface area contributed by atoms with Crippen molar-refractivity contribution in [1.29, 1.82) is 0 Å². The lowest BCUT2D eigenvalue weighted by Gasteiger charge is -2.24. The van der Waals surface area contributed by atoms with Gasteiger partial charge in [-0.2, -0.15) is 16.9 Å². The van der Waals surface area contributed by atoms with Gasteiger partial charge in [0, 0.05) is 24.4 Å². The van der Waals surface area contributed by atoms with Crippen LogP contribution in [0.1, 0.15) is 12.0 Å². The van der Waals surface area contributed by atoms with E-state index in [4.69, 9.17) is 0 Å². The van der Waals surface area contributed by atoms with Crippen molar-refractivity contribution in [2.24, 2.45) is 0 Å². The maximum Gasteiger partial charge on any atom is 0.243 e. The summed E-state index contributed by atoms with van der Waals surface area (Å²) in [5.41, 5.74) is 0.959. The number of aryl methyl sites for hydroxylation is 1. The molecule has 31 heavy (non-hydrogen) atoms. The molecular weight excluding hydrogens is 452 g/mol. The first-order valence-electron chi connectivity index (χ1n) is 9.92. The molecule has 164 valence electrons. The molecule has 1 aliphatic heterocycles. The number of benzene rings is 3. The van der Waals surface area contributed by atoms with Gasteiger partial charge in [-0.15, -0.1) is 0 Å². The summed E-state index contributed by atoms with van der Waals surface area (Å²) >= 11 is 4.48. The second kappa shape index (κ2) is 8.55. The molecule has 1 fully saturated rings. The van der Waals surface area contributed by atoms with E-state index < -0.39 is 26.1 Å². The molecule has 9 heteroatoms. The predicted octanol–water partition coefficient (Wildman–Crippen LogP) is 3.19. The van der Waals surface area contributed by atoms with Crippen molar-refractivity contribution in [3.05, 3.63) is 72.3 Å². The first-order valence-corrected chi connectivity index (χ1v) is 13.4. The van der Waals surface area contributed by atoms with Crippen LogP contribution in [0.4, 0.5) is 0 Å². The second-order valence-corrected chi connectivity index (χ2v) is 12.2. The van der Waals surface area contributed by atoms with Crippen LogP contribution in [0.2, 0.25) is 0 Å². The lowest BCUT2D eigenvalue weighted by molar-refractivity contribution is 0.385. The highest BCUT2D eigenvalue weighted by atomic mass is 32.2. The van der Waals surface area contributed by atoms with Crippen LogP contribution in [0.25, 0.3) is 10.8 Å². The summed E-state index contributed by atoms with van der Waals surface area (Å²) in [4.78, 5) is 0.350. The van der Waals surface area contributed by atoms with E-state index in [0.717, 1.165) is 16.3 Å². The molecule has 2 unspecified atom stereocenters. The van der Waals surface area contributed by atoms with E-state index in [2.05, 4.69) is 17.4 Å². The molecule has 3 aromatic carbocycles. The van der Waals surface area contributed by atoms with Crippen LogP contribution in [-0.4, -0.2) is 45.5 Å². The summed E-state index contributed by atoms with van der Waals surface area (Å²) in [7, 11) is -7.54. The number of fused-ring (bicyclic) bond motifs is 1. The van der Waals surface area contributed by atoms with Crippen LogP contribution in [0.15, 0.2) is 76.5 Å². The minimum atomic E-state index is -3.80. The molecule has 1 aliphatic rings. The van der Waals surface area contributed by atoms with E-state index >= 15 is 0 Å². The summed E-state index contributed by atoms with van der Waals surface area (Å²) in [5, 5.41) is 1.63. The number of sulfonamides is 2. The highest BCUT2D eigenvalue weighted by molar-refractivity contribution is 7.89. The molecule has 0 amide bonds. The zero-order chi connectivity index (χ0) is 22.2. The molecule has 0 spiro atoms. The molecule has 3 aromatic rings. The first-order chi connectivity index (χ1) is 14.7. The second-order valence-electron chi connectivity index (χ2n) is 7.79. The van der Waals surface area contributed by atoms with Crippen molar-refractivity contribution in [1.82, 2.24) is 9.03 Å². The van der Waals surface area contributed by atoms with Crippen LogP contribution in [0.5, 0.6) is 0 Å². The Kier molecular flexibility index (Phi) is 6.15. The normalized spacial score (nSPS) is 20.3. The molecular formula is C22H24N2O4S3. The Morgan fingerprint density at radius 2 is 1.58 bits per heavy atom. The Balaban J connectivity index is 1.57. The highest BCUT2D eigenvalue weighted by Crippen LogP contribution is 2.30. The predicted molar refractivity (Wildman–Crippen MR) is 125 cm³/mol. The third-order valence-electron chi connectivity index (χ3n) is 5.51. The molecule has 0 aliphatic carbocycles. The molecule has 0 aromatic heterocycles. The van der Waals surface area contributed by atoms with Gasteiger partial charge in [-0.25, -0.2) is 21.6 Å². The van der Waals surface area contributed by atoms with Crippen LogP contribution in [0, 0.1) is 6.92 Å². The van der Waals surface area contributed by atoms with Gasteiger partial charge in [0.25, 0.3) is 0 Å². The first kappa shape index (κ1) is 22.3. The largest absolute Gasteiger partial charge is 0.243 e. The molecule has 6 nitrogen and oxygen atoms in total. The van der Waals surface area contributed by atoms with Gasteiger partial charge in [-0.05, 0) is 48.4 Å². The third-order valence-corrected chi connectivity index (χ3v) is 9.24. The number of rotatable bonds is 6. The molecule has 0 bridgehead atoms. The fourth-order valence-corrected chi connectivity index (χ4v) is 7.13. The Bertz CT molecular complexity index is 1310. The van der Waals surface area contributed by atoms with E-state index in [0.29, 0.717) is 6.42 Å². The molecule has 4 rings (SSSR count). The number of nitrogens with zero attached hydrogens (tertiary/aromatic N) is 1. The maximum absolute atomic E-state index is 13.4. The van der Waals surface area contributed by atoms with Gasteiger partial charge in [0.1, 0.15) is 0 Å². The minimum Gasteiger partial charge on any atom is -0.210 e. The number of nitrogens with one attached hydrogen (secondary N) is 1. The zero-order valence-electron chi connectivity index (χ0n) is 17.0. The van der Waals surface area contributed by atoms with Crippen molar-refractivity contribution >= 4 is 43.4 Å². The molecule has 1 N–H and O–H groups in total. The van der Waals surface area contributed by atoms with E-state index in [1.165, 1.54) is 16.4 Å². The van der Waals surface area contributed by atoms with Gasteiger partial charge in [-0.1, -0.05) is 48.0 Å². The summed E-state index contributed by atoms with van der Waals surface area (Å²) < 4.78 is 56.0. The zero-order valence-corrected chi connectivity index (χ0v) is 19.5. The summed E-state index contributed by atoms with van der Waals surface area (Å²) in [6.45, 7) is 2.10.